The summed E-state index contributed by atoms with van der Waals surface area (Å²) in [6.07, 6.45) is -0.483. The number of rotatable bonds is 10. The van der Waals surface area contributed by atoms with E-state index in [2.05, 4.69) is 20.3 Å². The average Bonchev–Trinajstić information content (AvgIpc) is 3.23. The highest BCUT2D eigenvalue weighted by atomic mass is 35.5. The number of nitrogens with one attached hydrogen (secondary N) is 2. The maximum absolute atomic E-state index is 14.0. The largest absolute Gasteiger partial charge is 0.462 e. The number of ether oxygens (including phenoxy) is 2. The highest BCUT2D eigenvalue weighted by Gasteiger charge is 2.57. The number of hydrogen-bond donors (Lipinski definition) is 4. The molecule has 1 saturated heterocycles. The van der Waals surface area contributed by atoms with E-state index in [0.29, 0.717) is 34.8 Å². The quantitative estimate of drug-likeness (QED) is 0.209. The SMILES string of the molecule is CC(C)OC(=O)C1(NP(=O)(OCC2OC(n3cnc4c(N)[nH]nc43)C(C)[C@@H]2O)Oc2ccc(Cl)cc2)CC1. The van der Waals surface area contributed by atoms with Gasteiger partial charge in [0.15, 0.2) is 11.2 Å². The first-order valence-corrected chi connectivity index (χ1v) is 14.1. The van der Waals surface area contributed by atoms with Crippen molar-refractivity contribution >= 4 is 42.3 Å². The summed E-state index contributed by atoms with van der Waals surface area (Å²) in [5.41, 5.74) is 5.62. The Morgan fingerprint density at radius 1 is 1.39 bits per heavy atom. The molecule has 0 spiro atoms. The van der Waals surface area contributed by atoms with Crippen molar-refractivity contribution in [3.63, 3.8) is 0 Å². The molecule has 0 amide bonds. The Morgan fingerprint density at radius 3 is 2.76 bits per heavy atom. The van der Waals surface area contributed by atoms with E-state index in [1.807, 2.05) is 0 Å². The molecular formula is C23H30ClN6O7P. The summed E-state index contributed by atoms with van der Waals surface area (Å²) in [6, 6.07) is 6.21. The number of carbonyl (C=O) groups excluding carboxylic acids is 1. The zero-order valence-electron chi connectivity index (χ0n) is 21.0. The Morgan fingerprint density at radius 2 is 2.11 bits per heavy atom. The molecule has 206 valence electrons. The van der Waals surface area contributed by atoms with E-state index in [4.69, 9.17) is 35.9 Å². The summed E-state index contributed by atoms with van der Waals surface area (Å²) >= 11 is 5.96. The van der Waals surface area contributed by atoms with Gasteiger partial charge in [0, 0.05) is 10.9 Å². The molecule has 1 aliphatic carbocycles. The van der Waals surface area contributed by atoms with Crippen molar-refractivity contribution in [3.8, 4) is 5.75 Å². The Bertz CT molecular complexity index is 1360. The van der Waals surface area contributed by atoms with Crippen LogP contribution in [0.5, 0.6) is 5.75 Å². The molecule has 5 N–H and O–H groups in total. The highest BCUT2D eigenvalue weighted by molar-refractivity contribution is 7.52. The van der Waals surface area contributed by atoms with Gasteiger partial charge in [-0.25, -0.2) is 9.55 Å². The second-order valence-electron chi connectivity index (χ2n) is 9.86. The smallest absolute Gasteiger partial charge is 0.459 e. The number of nitrogen functional groups attached to an aromatic ring is 1. The van der Waals surface area contributed by atoms with E-state index in [9.17, 15) is 14.5 Å². The molecule has 38 heavy (non-hydrogen) atoms. The van der Waals surface area contributed by atoms with Gasteiger partial charge in [0.25, 0.3) is 0 Å². The Hall–Kier alpha value is -2.67. The molecular weight excluding hydrogens is 539 g/mol. The number of aliphatic hydroxyl groups is 1. The normalized spacial score (nSPS) is 25.9. The van der Waals surface area contributed by atoms with E-state index in [0.717, 1.165) is 0 Å². The second-order valence-corrected chi connectivity index (χ2v) is 12.0. The third-order valence-corrected chi connectivity index (χ3v) is 8.44. The molecule has 2 aromatic heterocycles. The molecule has 4 unspecified atom stereocenters. The third-order valence-electron chi connectivity index (χ3n) is 6.55. The summed E-state index contributed by atoms with van der Waals surface area (Å²) in [5.74, 6) is -0.390. The topological polar surface area (TPSA) is 176 Å². The molecule has 0 radical (unpaired) electrons. The van der Waals surface area contributed by atoms with Crippen molar-refractivity contribution in [1.29, 1.82) is 0 Å². The fourth-order valence-corrected chi connectivity index (χ4v) is 6.19. The minimum absolute atomic E-state index is 0.217. The van der Waals surface area contributed by atoms with Crippen molar-refractivity contribution < 1.29 is 33.0 Å². The number of imidazole rings is 1. The van der Waals surface area contributed by atoms with Crippen LogP contribution in [0.25, 0.3) is 11.2 Å². The number of nitrogens with two attached hydrogens (primary N) is 1. The van der Waals surface area contributed by atoms with Gasteiger partial charge in [-0.3, -0.25) is 19.0 Å². The summed E-state index contributed by atoms with van der Waals surface area (Å²) in [6.45, 7) is 4.97. The number of aromatic nitrogens is 4. The van der Waals surface area contributed by atoms with Crippen molar-refractivity contribution in [3.05, 3.63) is 35.6 Å². The molecule has 13 nitrogen and oxygen atoms in total. The molecule has 1 aliphatic heterocycles. The lowest BCUT2D eigenvalue weighted by molar-refractivity contribution is -0.150. The van der Waals surface area contributed by atoms with Gasteiger partial charge in [-0.1, -0.05) is 18.5 Å². The number of H-pyrrole nitrogens is 1. The molecule has 1 aromatic carbocycles. The number of aromatic amines is 1. The molecule has 3 aromatic rings. The number of esters is 1. The molecule has 5 atom stereocenters. The van der Waals surface area contributed by atoms with E-state index in [1.165, 1.54) is 18.5 Å². The van der Waals surface area contributed by atoms with Gasteiger partial charge in [0.05, 0.1) is 25.1 Å². The first-order valence-electron chi connectivity index (χ1n) is 12.2. The van der Waals surface area contributed by atoms with Crippen LogP contribution in [0.1, 0.15) is 39.8 Å². The van der Waals surface area contributed by atoms with E-state index >= 15 is 0 Å². The van der Waals surface area contributed by atoms with Gasteiger partial charge < -0.3 is 24.8 Å². The number of halogens is 1. The highest BCUT2D eigenvalue weighted by Crippen LogP contribution is 2.53. The van der Waals surface area contributed by atoms with Gasteiger partial charge in [-0.2, -0.15) is 10.2 Å². The van der Waals surface area contributed by atoms with Crippen LogP contribution in [-0.2, 0) is 23.4 Å². The summed E-state index contributed by atoms with van der Waals surface area (Å²) in [7, 11) is -4.17. The second kappa shape index (κ2) is 10.1. The lowest BCUT2D eigenvalue weighted by atomic mass is 10.0. The first-order chi connectivity index (χ1) is 18.0. The maximum atomic E-state index is 14.0. The Balaban J connectivity index is 1.33. The maximum Gasteiger partial charge on any atom is 0.459 e. The number of nitrogens with zero attached hydrogens (tertiary/aromatic N) is 3. The summed E-state index contributed by atoms with van der Waals surface area (Å²) in [5, 5.41) is 21.0. The standard InChI is InChI=1S/C23H30ClN6O7P/c1-12(2)35-22(32)23(8-9-23)29-38(33,37-15-6-4-14(24)5-7-15)34-10-16-18(31)13(3)21(36-16)30-11-26-17-19(25)27-28-20(17)30/h4-7,11-13,16,18,21,31H,8-10H2,1-3H3,(H,29,33)(H3,25,27,28)/t13?,16?,18-,21?,38?/m0/s1. The van der Waals surface area contributed by atoms with E-state index < -0.39 is 37.7 Å². The molecule has 2 fully saturated rings. The van der Waals surface area contributed by atoms with Crippen molar-refractivity contribution in [2.45, 2.75) is 63.7 Å². The van der Waals surface area contributed by atoms with Crippen LogP contribution < -0.4 is 15.3 Å². The average molecular weight is 569 g/mol. The van der Waals surface area contributed by atoms with Crippen molar-refractivity contribution in [2.75, 3.05) is 12.3 Å². The van der Waals surface area contributed by atoms with Crippen molar-refractivity contribution in [1.82, 2.24) is 24.8 Å². The summed E-state index contributed by atoms with van der Waals surface area (Å²) < 4.78 is 38.6. The predicted molar refractivity (Wildman–Crippen MR) is 137 cm³/mol. The molecule has 1 saturated carbocycles. The zero-order chi connectivity index (χ0) is 27.2. The van der Waals surface area contributed by atoms with Gasteiger partial charge in [-0.15, -0.1) is 0 Å². The third kappa shape index (κ3) is 5.27. The lowest BCUT2D eigenvalue weighted by Crippen LogP contribution is -2.41. The number of anilines is 1. The van der Waals surface area contributed by atoms with Gasteiger partial charge in [-0.05, 0) is 51.0 Å². The van der Waals surface area contributed by atoms with Gasteiger partial charge >= 0.3 is 13.7 Å². The lowest BCUT2D eigenvalue weighted by Gasteiger charge is -2.26. The fourth-order valence-electron chi connectivity index (χ4n) is 4.32. The van der Waals surface area contributed by atoms with E-state index in [1.54, 1.807) is 37.5 Å². The monoisotopic (exact) mass is 568 g/mol. The molecule has 0 bridgehead atoms. The minimum atomic E-state index is -4.17. The number of benzene rings is 1. The van der Waals surface area contributed by atoms with Crippen LogP contribution in [-0.4, -0.2) is 61.3 Å². The van der Waals surface area contributed by atoms with Gasteiger partial charge in [0.2, 0.25) is 0 Å². The zero-order valence-corrected chi connectivity index (χ0v) is 22.7. The number of fused-ring (bicyclic) bond motifs is 1. The van der Waals surface area contributed by atoms with Crippen LogP contribution in [0, 0.1) is 5.92 Å². The molecule has 2 aliphatic rings. The molecule has 15 heteroatoms. The first kappa shape index (κ1) is 26.9. The fraction of sp³-hybridized carbons (Fsp3) is 0.522. The minimum Gasteiger partial charge on any atom is -0.462 e. The van der Waals surface area contributed by atoms with Crippen LogP contribution in [0.2, 0.25) is 5.02 Å². The van der Waals surface area contributed by atoms with Crippen LogP contribution >= 0.6 is 19.3 Å². The van der Waals surface area contributed by atoms with Crippen molar-refractivity contribution in [2.24, 2.45) is 5.92 Å². The Kier molecular flexibility index (Phi) is 7.18. The number of hydrogen-bond acceptors (Lipinski definition) is 10. The number of carbonyl (C=O) groups is 1. The Labute approximate surface area is 223 Å². The predicted octanol–water partition coefficient (Wildman–Crippen LogP) is 3.17. The van der Waals surface area contributed by atoms with Crippen LogP contribution in [0.3, 0.4) is 0 Å². The van der Waals surface area contributed by atoms with Gasteiger partial charge in [0.1, 0.15) is 29.4 Å². The van der Waals surface area contributed by atoms with E-state index in [-0.39, 0.29) is 24.4 Å². The van der Waals surface area contributed by atoms with Crippen LogP contribution in [0.4, 0.5) is 5.82 Å². The number of aliphatic hydroxyl groups excluding tert-OH is 1. The molecule has 3 heterocycles. The summed E-state index contributed by atoms with van der Waals surface area (Å²) in [4.78, 5) is 17.0. The van der Waals surface area contributed by atoms with Crippen LogP contribution in [0.15, 0.2) is 30.6 Å². The molecule has 5 rings (SSSR count).